The van der Waals surface area contributed by atoms with E-state index >= 15 is 0 Å². The van der Waals surface area contributed by atoms with Crippen molar-refractivity contribution in [2.75, 3.05) is 78.8 Å². The number of likely N-dealkylation sites (tertiary alicyclic amines) is 2. The van der Waals surface area contributed by atoms with Crippen LogP contribution in [0.3, 0.4) is 0 Å². The van der Waals surface area contributed by atoms with Crippen LogP contribution in [0.1, 0.15) is 244 Å². The second-order valence-corrected chi connectivity index (χ2v) is 38.8. The number of ether oxygens (including phenoxy) is 5. The van der Waals surface area contributed by atoms with Gasteiger partial charge in [-0.2, -0.15) is 0 Å². The van der Waals surface area contributed by atoms with Crippen LogP contribution in [0.15, 0.2) is 85.2 Å². The van der Waals surface area contributed by atoms with Gasteiger partial charge in [0, 0.05) is 156 Å². The molecule has 0 bridgehead atoms. The third-order valence-corrected chi connectivity index (χ3v) is 23.8. The van der Waals surface area contributed by atoms with Gasteiger partial charge in [0.15, 0.2) is 11.6 Å². The minimum Gasteiger partial charge on any atom is -0.508 e. The number of aromatic nitrogens is 8. The number of esters is 3. The van der Waals surface area contributed by atoms with E-state index in [1.54, 1.807) is 107 Å². The Bertz CT molecular complexity index is 5380. The molecular formula is C99H138N18O21. The number of phenols is 4. The highest BCUT2D eigenvalue weighted by Gasteiger charge is 2.37. The number of fused-ring (bicyclic) bond motifs is 2. The standard InChI is InChI=1S/C99H138N18O21/c1-16-101-95(132)90-110-108-88(70-54-68(59(3)4)77(118)56-79(70)120)116(90)66-18-23-75-63(50-66)35-45-112(75)39-29-61-31-41-114(42-32-61)83(124)52-65(53-84(125)115-43-33-62(34-44-115)30-40-113-46-36-64-51-67(19-24-76(64)113)117-89(109-111-91(117)96(133)102-17-2)71-55-69(60(5)6)78(119)57-80(71)121)104-81(122)28-38-103-92(129)72(20-25-85(126)136-97(7,8)9)106-94(131)74(22-27-87(128)138-99(13,14)15)107-93(130)73(21-26-86(127)137-98(10,11)12)105-82(123)58-135-49-48-134-47-37-100/h18-19,23-24,35-36,45-46,50-51,54-57,59-62,65,72-74,118-121H,16-17,20-22,25-34,37-44,47-49,52-53,58,100H2,1-15H3,(H,101,132)(H,102,133)(H,103,129)(H,104,122)(H,105,123)(H,106,131)(H,107,130)/t72-,73-,74-/m1/s1. The van der Waals surface area contributed by atoms with Crippen molar-refractivity contribution in [1.82, 2.24) is 85.7 Å². The van der Waals surface area contributed by atoms with Gasteiger partial charge in [-0.3, -0.25) is 66.7 Å². The normalized spacial score (nSPS) is 14.1. The summed E-state index contributed by atoms with van der Waals surface area (Å²) in [6, 6.07) is 15.5. The van der Waals surface area contributed by atoms with Crippen molar-refractivity contribution in [3.05, 3.63) is 108 Å². The van der Waals surface area contributed by atoms with Crippen LogP contribution in [0, 0.1) is 11.8 Å². The maximum absolute atomic E-state index is 14.8. The summed E-state index contributed by atoms with van der Waals surface area (Å²) in [6.45, 7) is 29.2. The maximum Gasteiger partial charge on any atom is 0.306 e. The van der Waals surface area contributed by atoms with Crippen LogP contribution in [-0.2, 0) is 84.7 Å². The van der Waals surface area contributed by atoms with Crippen molar-refractivity contribution in [3.8, 4) is 57.1 Å². The lowest BCUT2D eigenvalue weighted by Crippen LogP contribution is -2.57. The van der Waals surface area contributed by atoms with Gasteiger partial charge in [-0.1, -0.05) is 27.7 Å². The smallest absolute Gasteiger partial charge is 0.306 e. The fourth-order valence-electron chi connectivity index (χ4n) is 16.9. The molecule has 2 saturated heterocycles. The fraction of sp³-hybridized carbons (Fsp3) is 0.556. The second kappa shape index (κ2) is 48.8. The molecule has 9 amide bonds. The van der Waals surface area contributed by atoms with Gasteiger partial charge in [0.1, 0.15) is 64.5 Å². The average molecular weight is 1920 g/mol. The van der Waals surface area contributed by atoms with Gasteiger partial charge < -0.3 is 106 Å². The van der Waals surface area contributed by atoms with Gasteiger partial charge in [0.2, 0.25) is 53.0 Å². The van der Waals surface area contributed by atoms with Crippen LogP contribution in [0.4, 0.5) is 0 Å². The van der Waals surface area contributed by atoms with E-state index in [4.69, 9.17) is 29.4 Å². The van der Waals surface area contributed by atoms with Gasteiger partial charge in [0.05, 0.1) is 42.3 Å². The number of hydrogen-bond donors (Lipinski definition) is 12. The molecule has 2 aliphatic rings. The van der Waals surface area contributed by atoms with Gasteiger partial charge in [-0.05, 0) is 229 Å². The summed E-state index contributed by atoms with van der Waals surface area (Å²) < 4.78 is 34.8. The molecule has 39 heteroatoms. The summed E-state index contributed by atoms with van der Waals surface area (Å²) in [5.41, 5.74) is 7.33. The van der Waals surface area contributed by atoms with Crippen molar-refractivity contribution in [2.45, 2.75) is 266 Å². The molecule has 4 aromatic heterocycles. The molecule has 0 unspecified atom stereocenters. The number of aryl methyl sites for hydroxylation is 2. The largest absolute Gasteiger partial charge is 0.508 e. The number of hydrogen-bond acceptors (Lipinski definition) is 26. The summed E-state index contributed by atoms with van der Waals surface area (Å²) in [6.07, 6.45) is 4.90. The van der Waals surface area contributed by atoms with Crippen LogP contribution in [0.25, 0.3) is 56.0 Å². The number of nitrogens with two attached hydrogens (primary N) is 1. The summed E-state index contributed by atoms with van der Waals surface area (Å²) in [7, 11) is 0. The number of carbonyl (C=O) groups is 12. The van der Waals surface area contributed by atoms with Crippen LogP contribution in [0.2, 0.25) is 0 Å². The molecule has 0 spiro atoms. The van der Waals surface area contributed by atoms with Crippen LogP contribution in [0.5, 0.6) is 23.0 Å². The van der Waals surface area contributed by atoms with Gasteiger partial charge >= 0.3 is 17.9 Å². The van der Waals surface area contributed by atoms with E-state index in [0.29, 0.717) is 101 Å². The number of aromatic hydroxyl groups is 4. The molecule has 8 aromatic rings. The first kappa shape index (κ1) is 107. The summed E-state index contributed by atoms with van der Waals surface area (Å²) in [5, 5.41) is 81.8. The Hall–Kier alpha value is -13.0. The lowest BCUT2D eigenvalue weighted by atomic mass is 9.92. The second-order valence-electron chi connectivity index (χ2n) is 38.8. The van der Waals surface area contributed by atoms with Gasteiger partial charge in [-0.25, -0.2) is 0 Å². The molecule has 6 heterocycles. The highest BCUT2D eigenvalue weighted by molar-refractivity contribution is 5.97. The lowest BCUT2D eigenvalue weighted by Gasteiger charge is -2.34. The first-order valence-corrected chi connectivity index (χ1v) is 47.7. The quantitative estimate of drug-likeness (QED) is 0.00960. The Morgan fingerprint density at radius 2 is 0.855 bits per heavy atom. The summed E-state index contributed by atoms with van der Waals surface area (Å²) in [5.74, 6) is -8.01. The fourth-order valence-corrected chi connectivity index (χ4v) is 16.9. The lowest BCUT2D eigenvalue weighted by molar-refractivity contribution is -0.156. The van der Waals surface area contributed by atoms with Crippen molar-refractivity contribution >= 4 is 92.9 Å². The van der Waals surface area contributed by atoms with Crippen molar-refractivity contribution in [1.29, 1.82) is 0 Å². The van der Waals surface area contributed by atoms with Crippen molar-refractivity contribution < 1.29 is 102 Å². The number of rotatable bonds is 46. The predicted octanol–water partition coefficient (Wildman–Crippen LogP) is 9.20. The molecule has 138 heavy (non-hydrogen) atoms. The third kappa shape index (κ3) is 30.5. The molecule has 3 atom stereocenters. The number of amides is 9. The van der Waals surface area contributed by atoms with E-state index in [9.17, 15) is 78.0 Å². The molecule has 750 valence electrons. The number of carbonyl (C=O) groups excluding carboxylic acids is 12. The first-order valence-electron chi connectivity index (χ1n) is 47.7. The number of piperidine rings is 2. The van der Waals surface area contributed by atoms with Crippen LogP contribution < -0.4 is 43.0 Å². The van der Waals surface area contributed by atoms with Crippen LogP contribution in [-0.4, -0.2) is 260 Å². The highest BCUT2D eigenvalue weighted by atomic mass is 16.6. The Kier molecular flexibility index (Phi) is 37.8. The van der Waals surface area contributed by atoms with E-state index in [0.717, 1.165) is 34.6 Å². The highest BCUT2D eigenvalue weighted by Crippen LogP contribution is 2.42. The maximum atomic E-state index is 14.8. The molecule has 10 rings (SSSR count). The Labute approximate surface area is 803 Å². The predicted molar refractivity (Wildman–Crippen MR) is 514 cm³/mol. The molecular weight excluding hydrogens is 1780 g/mol. The van der Waals surface area contributed by atoms with E-state index in [2.05, 4.69) is 66.7 Å². The topological polar surface area (TPSA) is 520 Å². The molecule has 0 aliphatic carbocycles. The number of nitrogens with one attached hydrogen (secondary N) is 7. The zero-order valence-electron chi connectivity index (χ0n) is 82.0. The molecule has 2 aliphatic heterocycles. The molecule has 0 saturated carbocycles. The van der Waals surface area contributed by atoms with E-state index in [1.165, 1.54) is 12.1 Å². The summed E-state index contributed by atoms with van der Waals surface area (Å²) >= 11 is 0. The average Bonchev–Trinajstić information content (AvgIpc) is 1.60. The zero-order chi connectivity index (χ0) is 101. The number of phenolic OH excluding ortho intramolecular Hbond substituents is 4. The molecule has 2 fully saturated rings. The van der Waals surface area contributed by atoms with Crippen LogP contribution >= 0.6 is 0 Å². The van der Waals surface area contributed by atoms with Gasteiger partial charge in [-0.15, -0.1) is 20.4 Å². The Morgan fingerprint density at radius 1 is 0.457 bits per heavy atom. The Balaban J connectivity index is 0.828. The van der Waals surface area contributed by atoms with Crippen molar-refractivity contribution in [3.63, 3.8) is 0 Å². The van der Waals surface area contributed by atoms with Crippen molar-refractivity contribution in [2.24, 2.45) is 17.6 Å². The zero-order valence-corrected chi connectivity index (χ0v) is 82.0. The molecule has 39 nitrogen and oxygen atoms in total. The van der Waals surface area contributed by atoms with Gasteiger partial charge in [0.25, 0.3) is 11.8 Å². The third-order valence-electron chi connectivity index (χ3n) is 23.8. The number of nitrogens with zero attached hydrogens (tertiary/aromatic N) is 10. The first-order chi connectivity index (χ1) is 65.4. The minimum atomic E-state index is -1.63. The molecule has 4 aromatic carbocycles. The van der Waals surface area contributed by atoms with E-state index in [-0.39, 0.29) is 158 Å². The monoisotopic (exact) mass is 1920 g/mol. The summed E-state index contributed by atoms with van der Waals surface area (Å²) in [4.78, 5) is 171. The van der Waals surface area contributed by atoms with E-state index in [1.807, 2.05) is 88.6 Å². The molecule has 0 radical (unpaired) electrons. The Morgan fingerprint density at radius 3 is 1.25 bits per heavy atom. The SMILES string of the molecule is CCNC(=O)c1nnc(-c2cc(C(C)C)c(O)cc2O)n1-c1ccc2c(ccn2CCC2CCN(C(=O)CC(CC(=O)N3CCC(CCn4ccc5cc(-n6c(C(=O)NCC)nnc6-c6cc(C(C)C)c(O)cc6O)ccc54)CC3)NC(=O)CCNC(=O)[C@@H](CCC(=O)OC(C)(C)C)NC(=O)[C@@H](CCC(=O)OC(C)(C)C)NC(=O)[C@@H](CCC(=O)OC(C)(C)C)NC(=O)COCCOCCN)CC2)c1. The van der Waals surface area contributed by atoms with E-state index < -0.39 is 133 Å². The minimum absolute atomic E-state index is 0.000494. The number of benzene rings is 4. The molecule has 13 N–H and O–H groups in total.